The van der Waals surface area contributed by atoms with E-state index in [1.54, 1.807) is 23.1 Å². The van der Waals surface area contributed by atoms with Gasteiger partial charge in [-0.15, -0.1) is 11.3 Å². The minimum atomic E-state index is -0.0843. The van der Waals surface area contributed by atoms with Crippen LogP contribution in [0.1, 0.15) is 25.7 Å². The number of thiazole rings is 2. The number of fused-ring (bicyclic) bond motifs is 1. The van der Waals surface area contributed by atoms with Gasteiger partial charge >= 0.3 is 4.87 Å². The summed E-state index contributed by atoms with van der Waals surface area (Å²) in [6.45, 7) is 0.597. The summed E-state index contributed by atoms with van der Waals surface area (Å²) in [5.41, 5.74) is 0.969. The first-order valence-corrected chi connectivity index (χ1v) is 10.8. The van der Waals surface area contributed by atoms with Crippen LogP contribution in [-0.4, -0.2) is 20.4 Å². The maximum atomic E-state index is 11.5. The highest BCUT2D eigenvalue weighted by Crippen LogP contribution is 2.31. The number of hydrogen-bond acceptors (Lipinski definition) is 6. The molecular formula is C16H17ClN2O2S3. The third-order valence-electron chi connectivity index (χ3n) is 3.59. The summed E-state index contributed by atoms with van der Waals surface area (Å²) in [6, 6.07) is 5.81. The Kier molecular flexibility index (Phi) is 6.21. The van der Waals surface area contributed by atoms with E-state index in [1.807, 2.05) is 18.2 Å². The fourth-order valence-electron chi connectivity index (χ4n) is 2.36. The molecular weight excluding hydrogens is 384 g/mol. The molecule has 8 heteroatoms. The van der Waals surface area contributed by atoms with Crippen LogP contribution in [0.15, 0.2) is 32.7 Å². The van der Waals surface area contributed by atoms with E-state index in [2.05, 4.69) is 4.98 Å². The first kappa shape index (κ1) is 17.8. The van der Waals surface area contributed by atoms with Gasteiger partial charge in [0.2, 0.25) is 5.88 Å². The fraction of sp³-hybridized carbons (Fsp3) is 0.375. The second-order valence-electron chi connectivity index (χ2n) is 5.37. The van der Waals surface area contributed by atoms with Gasteiger partial charge in [-0.05, 0) is 31.0 Å². The molecule has 0 amide bonds. The van der Waals surface area contributed by atoms with Crippen LogP contribution >= 0.6 is 46.0 Å². The van der Waals surface area contributed by atoms with Crippen LogP contribution in [0.3, 0.4) is 0 Å². The lowest BCUT2D eigenvalue weighted by molar-refractivity contribution is 0.406. The van der Waals surface area contributed by atoms with E-state index in [9.17, 15) is 9.90 Å². The van der Waals surface area contributed by atoms with E-state index < -0.39 is 0 Å². The normalized spacial score (nSPS) is 11.4. The Hall–Kier alpha value is -1.02. The van der Waals surface area contributed by atoms with E-state index in [0.29, 0.717) is 6.54 Å². The van der Waals surface area contributed by atoms with E-state index in [0.717, 1.165) is 57.7 Å². The summed E-state index contributed by atoms with van der Waals surface area (Å²) in [5.74, 6) is 1.12. The van der Waals surface area contributed by atoms with Crippen LogP contribution in [-0.2, 0) is 6.54 Å². The zero-order chi connectivity index (χ0) is 16.9. The molecule has 0 fully saturated rings. The molecule has 0 saturated heterocycles. The smallest absolute Gasteiger partial charge is 0.309 e. The van der Waals surface area contributed by atoms with Gasteiger partial charge in [0.05, 0.1) is 15.6 Å². The lowest BCUT2D eigenvalue weighted by Crippen LogP contribution is -2.12. The van der Waals surface area contributed by atoms with Gasteiger partial charge in [-0.25, -0.2) is 4.98 Å². The van der Waals surface area contributed by atoms with Gasteiger partial charge < -0.3 is 5.11 Å². The van der Waals surface area contributed by atoms with Gasteiger partial charge in [0, 0.05) is 17.3 Å². The highest BCUT2D eigenvalue weighted by atomic mass is 35.5. The van der Waals surface area contributed by atoms with Crippen LogP contribution in [0.2, 0.25) is 5.02 Å². The van der Waals surface area contributed by atoms with Crippen molar-refractivity contribution in [1.29, 1.82) is 0 Å². The molecule has 0 bridgehead atoms. The van der Waals surface area contributed by atoms with E-state index in [4.69, 9.17) is 11.6 Å². The van der Waals surface area contributed by atoms with Gasteiger partial charge in [0.25, 0.3) is 0 Å². The van der Waals surface area contributed by atoms with E-state index >= 15 is 0 Å². The molecule has 0 atom stereocenters. The molecule has 0 aliphatic carbocycles. The lowest BCUT2D eigenvalue weighted by atomic mass is 10.2. The summed E-state index contributed by atoms with van der Waals surface area (Å²) in [7, 11) is 0. The average Bonchev–Trinajstić information content (AvgIpc) is 3.10. The number of rotatable bonds is 8. The van der Waals surface area contributed by atoms with Crippen molar-refractivity contribution < 1.29 is 5.11 Å². The predicted molar refractivity (Wildman–Crippen MR) is 104 cm³/mol. The molecule has 0 radical (unpaired) electrons. The number of halogens is 1. The second kappa shape index (κ2) is 8.38. The fourth-order valence-corrected chi connectivity index (χ4v) is 5.29. The summed E-state index contributed by atoms with van der Waals surface area (Å²) < 4.78 is 3.69. The van der Waals surface area contributed by atoms with Crippen LogP contribution in [0, 0.1) is 0 Å². The molecule has 128 valence electrons. The van der Waals surface area contributed by atoms with Crippen molar-refractivity contribution in [2.24, 2.45) is 0 Å². The van der Waals surface area contributed by atoms with Crippen molar-refractivity contribution in [3.8, 4) is 5.88 Å². The number of aromatic nitrogens is 2. The molecule has 0 aliphatic rings. The minimum absolute atomic E-state index is 0.0801. The predicted octanol–water partition coefficient (Wildman–Crippen LogP) is 5.23. The van der Waals surface area contributed by atoms with Crippen molar-refractivity contribution in [2.45, 2.75) is 36.6 Å². The maximum absolute atomic E-state index is 11.5. The number of unbranched alkanes of at least 4 members (excludes halogenated alkanes) is 3. The number of thioether (sulfide) groups is 1. The van der Waals surface area contributed by atoms with Crippen LogP contribution in [0.5, 0.6) is 5.88 Å². The Morgan fingerprint density at radius 3 is 2.88 bits per heavy atom. The Morgan fingerprint density at radius 1 is 1.25 bits per heavy atom. The third-order valence-corrected chi connectivity index (χ3v) is 6.85. The average molecular weight is 401 g/mol. The maximum Gasteiger partial charge on any atom is 0.309 e. The first-order valence-electron chi connectivity index (χ1n) is 7.69. The van der Waals surface area contributed by atoms with Gasteiger partial charge in [-0.1, -0.05) is 47.5 Å². The SMILES string of the molecule is O=c1scc(O)n1CCCCCCSc1nc2cc(Cl)ccc2s1. The zero-order valence-electron chi connectivity index (χ0n) is 12.9. The molecule has 3 rings (SSSR count). The van der Waals surface area contributed by atoms with E-state index in [-0.39, 0.29) is 10.8 Å². The van der Waals surface area contributed by atoms with Gasteiger partial charge in [-0.2, -0.15) is 0 Å². The molecule has 2 aromatic heterocycles. The van der Waals surface area contributed by atoms with E-state index in [1.165, 1.54) is 14.6 Å². The summed E-state index contributed by atoms with van der Waals surface area (Å²) >= 11 is 10.5. The molecule has 1 aromatic carbocycles. The molecule has 0 saturated carbocycles. The molecule has 0 aliphatic heterocycles. The van der Waals surface area contributed by atoms with Crippen LogP contribution in [0.25, 0.3) is 10.2 Å². The highest BCUT2D eigenvalue weighted by molar-refractivity contribution is 8.01. The Balaban J connectivity index is 1.35. The van der Waals surface area contributed by atoms with Crippen molar-refractivity contribution in [2.75, 3.05) is 5.75 Å². The third kappa shape index (κ3) is 4.53. The second-order valence-corrected chi connectivity index (χ2v) is 9.00. The van der Waals surface area contributed by atoms with Gasteiger partial charge in [0.1, 0.15) is 0 Å². The van der Waals surface area contributed by atoms with Crippen LogP contribution in [0.4, 0.5) is 0 Å². The largest absolute Gasteiger partial charge is 0.494 e. The molecule has 1 N–H and O–H groups in total. The Labute approximate surface area is 157 Å². The van der Waals surface area contributed by atoms with Gasteiger partial charge in [0.15, 0.2) is 4.34 Å². The van der Waals surface area contributed by atoms with Crippen LogP contribution < -0.4 is 4.87 Å². The standard InChI is InChI=1S/C16H17ClN2O2S3/c17-11-5-6-13-12(9-11)18-15(24-13)22-8-4-2-1-3-7-19-14(20)10-23-16(19)21/h5-6,9-10,20H,1-4,7-8H2. The number of aromatic hydroxyl groups is 1. The monoisotopic (exact) mass is 400 g/mol. The summed E-state index contributed by atoms with van der Waals surface area (Å²) in [6.07, 6.45) is 4.20. The Morgan fingerprint density at radius 2 is 2.08 bits per heavy atom. The zero-order valence-corrected chi connectivity index (χ0v) is 16.1. The quantitative estimate of drug-likeness (QED) is 0.415. The van der Waals surface area contributed by atoms with Crippen molar-refractivity contribution >= 4 is 56.3 Å². The topological polar surface area (TPSA) is 55.1 Å². The highest BCUT2D eigenvalue weighted by Gasteiger charge is 2.06. The summed E-state index contributed by atoms with van der Waals surface area (Å²) in [4.78, 5) is 16.0. The lowest BCUT2D eigenvalue weighted by Gasteiger charge is -2.03. The molecule has 0 spiro atoms. The van der Waals surface area contributed by atoms with Crippen molar-refractivity contribution in [1.82, 2.24) is 9.55 Å². The number of nitrogens with zero attached hydrogens (tertiary/aromatic N) is 2. The molecule has 4 nitrogen and oxygen atoms in total. The molecule has 3 aromatic rings. The van der Waals surface area contributed by atoms with Crippen molar-refractivity contribution in [3.05, 3.63) is 38.3 Å². The Bertz CT molecular complexity index is 872. The molecule has 2 heterocycles. The molecule has 0 unspecified atom stereocenters. The van der Waals surface area contributed by atoms with Crippen molar-refractivity contribution in [3.63, 3.8) is 0 Å². The number of benzene rings is 1. The minimum Gasteiger partial charge on any atom is -0.494 e. The number of hydrogen-bond donors (Lipinski definition) is 1. The summed E-state index contributed by atoms with van der Waals surface area (Å²) in [5, 5.41) is 11.7. The first-order chi connectivity index (χ1) is 11.6. The molecule has 24 heavy (non-hydrogen) atoms. The van der Waals surface area contributed by atoms with Gasteiger partial charge in [-0.3, -0.25) is 9.36 Å².